The Morgan fingerprint density at radius 3 is 2.76 bits per heavy atom. The molecular formula is C18H23N5O2. The zero-order chi connectivity index (χ0) is 17.8. The molecule has 132 valence electrons. The Morgan fingerprint density at radius 1 is 1.24 bits per heavy atom. The van der Waals surface area contributed by atoms with E-state index in [0.717, 1.165) is 36.3 Å². The summed E-state index contributed by atoms with van der Waals surface area (Å²) < 4.78 is 0. The summed E-state index contributed by atoms with van der Waals surface area (Å²) in [6, 6.07) is 5.43. The fraction of sp³-hybridized carbons (Fsp3) is 0.389. The van der Waals surface area contributed by atoms with Crippen LogP contribution in [0.25, 0.3) is 0 Å². The summed E-state index contributed by atoms with van der Waals surface area (Å²) in [6.45, 7) is 0.597. The van der Waals surface area contributed by atoms with Crippen molar-refractivity contribution in [2.24, 2.45) is 0 Å². The third-order valence-corrected chi connectivity index (χ3v) is 4.32. The van der Waals surface area contributed by atoms with Crippen LogP contribution in [-0.2, 0) is 25.9 Å². The van der Waals surface area contributed by atoms with Gasteiger partial charge in [0.05, 0.1) is 0 Å². The molecule has 3 N–H and O–H groups in total. The Morgan fingerprint density at radius 2 is 2.04 bits per heavy atom. The number of carbonyl (C=O) groups is 1. The van der Waals surface area contributed by atoms with Gasteiger partial charge in [-0.15, -0.1) is 0 Å². The van der Waals surface area contributed by atoms with Crippen molar-refractivity contribution in [3.05, 3.63) is 57.1 Å². The summed E-state index contributed by atoms with van der Waals surface area (Å²) in [5, 5.41) is 5.51. The second-order valence-electron chi connectivity index (χ2n) is 6.44. The monoisotopic (exact) mass is 341 g/mol. The number of urea groups is 1. The average molecular weight is 341 g/mol. The van der Waals surface area contributed by atoms with Gasteiger partial charge in [-0.25, -0.2) is 9.78 Å². The maximum absolute atomic E-state index is 12.0. The Balaban J connectivity index is 1.51. The Hall–Kier alpha value is -2.83. The minimum Gasteiger partial charge on any atom is -0.363 e. The number of pyridine rings is 2. The highest BCUT2D eigenvalue weighted by Gasteiger charge is 2.14. The second-order valence-corrected chi connectivity index (χ2v) is 6.44. The first-order valence-corrected chi connectivity index (χ1v) is 8.41. The van der Waals surface area contributed by atoms with Crippen molar-refractivity contribution in [3.63, 3.8) is 0 Å². The molecule has 0 unspecified atom stereocenters. The lowest BCUT2D eigenvalue weighted by molar-refractivity contribution is 0.240. The highest BCUT2D eigenvalue weighted by Crippen LogP contribution is 2.18. The topological polar surface area (TPSA) is 90.1 Å². The molecule has 0 spiro atoms. The summed E-state index contributed by atoms with van der Waals surface area (Å²) in [7, 11) is 3.85. The molecule has 3 rings (SSSR count). The zero-order valence-electron chi connectivity index (χ0n) is 14.6. The van der Waals surface area contributed by atoms with Crippen LogP contribution in [-0.4, -0.2) is 30.1 Å². The number of fused-ring (bicyclic) bond motifs is 1. The Kier molecular flexibility index (Phi) is 5.02. The van der Waals surface area contributed by atoms with Crippen molar-refractivity contribution in [1.29, 1.82) is 0 Å². The lowest BCUT2D eigenvalue weighted by Gasteiger charge is -2.12. The van der Waals surface area contributed by atoms with Crippen molar-refractivity contribution in [2.45, 2.75) is 32.4 Å². The number of anilines is 1. The maximum atomic E-state index is 12.0. The lowest BCUT2D eigenvalue weighted by atomic mass is 10.1. The van der Waals surface area contributed by atoms with Crippen LogP contribution in [0.5, 0.6) is 0 Å². The quantitative estimate of drug-likeness (QED) is 0.765. The number of hydrogen-bond donors (Lipinski definition) is 3. The lowest BCUT2D eigenvalue weighted by Crippen LogP contribution is -2.36. The normalized spacial score (nSPS) is 12.6. The van der Waals surface area contributed by atoms with Gasteiger partial charge in [0.25, 0.3) is 5.56 Å². The van der Waals surface area contributed by atoms with E-state index in [-0.39, 0.29) is 18.1 Å². The first kappa shape index (κ1) is 17.0. The molecule has 2 heterocycles. The predicted octanol–water partition coefficient (Wildman–Crippen LogP) is 1.32. The smallest absolute Gasteiger partial charge is 0.315 e. The van der Waals surface area contributed by atoms with E-state index in [9.17, 15) is 9.59 Å². The SMILES string of the molecule is CN(C)c1ccc(CNC(=O)NCc2cc3c([nH]c2=O)CCC3)cn1. The van der Waals surface area contributed by atoms with E-state index >= 15 is 0 Å². The summed E-state index contributed by atoms with van der Waals surface area (Å²) in [4.78, 5) is 33.1. The highest BCUT2D eigenvalue weighted by atomic mass is 16.2. The molecule has 25 heavy (non-hydrogen) atoms. The second kappa shape index (κ2) is 7.38. The molecule has 2 aromatic rings. The van der Waals surface area contributed by atoms with Crippen LogP contribution >= 0.6 is 0 Å². The van der Waals surface area contributed by atoms with Crippen LogP contribution in [0.15, 0.2) is 29.2 Å². The van der Waals surface area contributed by atoms with Crippen molar-refractivity contribution >= 4 is 11.8 Å². The number of amides is 2. The molecular weight excluding hydrogens is 318 g/mol. The fourth-order valence-corrected chi connectivity index (χ4v) is 2.90. The fourth-order valence-electron chi connectivity index (χ4n) is 2.90. The van der Waals surface area contributed by atoms with Gasteiger partial charge in [0.1, 0.15) is 5.82 Å². The van der Waals surface area contributed by atoms with Gasteiger partial charge >= 0.3 is 6.03 Å². The van der Waals surface area contributed by atoms with E-state index in [2.05, 4.69) is 20.6 Å². The molecule has 0 atom stereocenters. The Labute approximate surface area is 146 Å². The number of aryl methyl sites for hydroxylation is 2. The van der Waals surface area contributed by atoms with Crippen molar-refractivity contribution < 1.29 is 4.79 Å². The van der Waals surface area contributed by atoms with Crippen LogP contribution < -0.4 is 21.1 Å². The first-order valence-electron chi connectivity index (χ1n) is 8.41. The van der Waals surface area contributed by atoms with E-state index in [1.807, 2.05) is 37.2 Å². The molecule has 0 radical (unpaired) electrons. The third kappa shape index (κ3) is 4.17. The standard InChI is InChI=1S/C18H23N5O2/c1-23(2)16-7-6-12(9-19-16)10-20-18(25)21-11-14-8-13-4-3-5-15(13)22-17(14)24/h6-9H,3-5,10-11H2,1-2H3,(H,22,24)(H2,20,21,25). The largest absolute Gasteiger partial charge is 0.363 e. The van der Waals surface area contributed by atoms with Gasteiger partial charge in [0.15, 0.2) is 0 Å². The van der Waals surface area contributed by atoms with Crippen molar-refractivity contribution in [2.75, 3.05) is 19.0 Å². The minimum atomic E-state index is -0.309. The van der Waals surface area contributed by atoms with Crippen LogP contribution in [0, 0.1) is 0 Å². The molecule has 7 nitrogen and oxygen atoms in total. The first-order chi connectivity index (χ1) is 12.0. The molecule has 0 aromatic carbocycles. The van der Waals surface area contributed by atoms with Gasteiger partial charge in [-0.1, -0.05) is 6.07 Å². The number of aromatic nitrogens is 2. The number of H-pyrrole nitrogens is 1. The molecule has 0 saturated heterocycles. The van der Waals surface area contributed by atoms with Gasteiger partial charge in [-0.3, -0.25) is 4.79 Å². The van der Waals surface area contributed by atoms with Crippen LogP contribution in [0.1, 0.15) is 28.8 Å². The molecule has 0 fully saturated rings. The highest BCUT2D eigenvalue weighted by molar-refractivity contribution is 5.73. The molecule has 2 aromatic heterocycles. The molecule has 1 aliphatic rings. The van der Waals surface area contributed by atoms with Crippen LogP contribution in [0.3, 0.4) is 0 Å². The van der Waals surface area contributed by atoms with E-state index < -0.39 is 0 Å². The molecule has 0 bridgehead atoms. The average Bonchev–Trinajstić information content (AvgIpc) is 3.05. The maximum Gasteiger partial charge on any atom is 0.315 e. The molecule has 2 amide bonds. The van der Waals surface area contributed by atoms with Gasteiger partial charge in [0.2, 0.25) is 0 Å². The van der Waals surface area contributed by atoms with E-state index in [0.29, 0.717) is 12.1 Å². The molecule has 0 saturated carbocycles. The van der Waals surface area contributed by atoms with Gasteiger partial charge in [0, 0.05) is 44.6 Å². The summed E-state index contributed by atoms with van der Waals surface area (Å²) in [5.74, 6) is 0.865. The third-order valence-electron chi connectivity index (χ3n) is 4.32. The Bertz CT molecular complexity index is 811. The summed E-state index contributed by atoms with van der Waals surface area (Å²) >= 11 is 0. The minimum absolute atomic E-state index is 0.121. The van der Waals surface area contributed by atoms with Crippen molar-refractivity contribution in [3.8, 4) is 0 Å². The number of carbonyl (C=O) groups excluding carboxylic acids is 1. The molecule has 1 aliphatic carbocycles. The summed E-state index contributed by atoms with van der Waals surface area (Å²) in [6.07, 6.45) is 4.73. The number of rotatable bonds is 5. The summed E-state index contributed by atoms with van der Waals surface area (Å²) in [5.41, 5.74) is 3.60. The van der Waals surface area contributed by atoms with Crippen LogP contribution in [0.2, 0.25) is 0 Å². The number of nitrogens with zero attached hydrogens (tertiary/aromatic N) is 2. The number of hydrogen-bond acceptors (Lipinski definition) is 4. The van der Waals surface area contributed by atoms with Crippen molar-refractivity contribution in [1.82, 2.24) is 20.6 Å². The van der Waals surface area contributed by atoms with E-state index in [4.69, 9.17) is 0 Å². The van der Waals surface area contributed by atoms with Gasteiger partial charge < -0.3 is 20.5 Å². The molecule has 7 heteroatoms. The zero-order valence-corrected chi connectivity index (χ0v) is 14.6. The van der Waals surface area contributed by atoms with Crippen LogP contribution in [0.4, 0.5) is 10.6 Å². The van der Waals surface area contributed by atoms with E-state index in [1.165, 1.54) is 5.56 Å². The van der Waals surface area contributed by atoms with E-state index in [1.54, 1.807) is 6.20 Å². The van der Waals surface area contributed by atoms with Gasteiger partial charge in [-0.05, 0) is 42.5 Å². The predicted molar refractivity (Wildman–Crippen MR) is 96.7 cm³/mol. The molecule has 0 aliphatic heterocycles. The van der Waals surface area contributed by atoms with Gasteiger partial charge in [-0.2, -0.15) is 0 Å². The number of nitrogens with one attached hydrogen (secondary N) is 3. The number of aromatic amines is 1.